The van der Waals surface area contributed by atoms with Crippen LogP contribution in [-0.4, -0.2) is 12.7 Å². The third-order valence-corrected chi connectivity index (χ3v) is 5.78. The van der Waals surface area contributed by atoms with Crippen LogP contribution < -0.4 is 0 Å². The molecule has 2 fully saturated rings. The van der Waals surface area contributed by atoms with Crippen molar-refractivity contribution in [1.29, 1.82) is 0 Å². The number of rotatable bonds is 1. The van der Waals surface area contributed by atoms with E-state index in [4.69, 9.17) is 11.2 Å². The summed E-state index contributed by atoms with van der Waals surface area (Å²) in [6.45, 7) is 0. The first-order valence-corrected chi connectivity index (χ1v) is 7.50. The molecule has 18 heavy (non-hydrogen) atoms. The van der Waals surface area contributed by atoms with Crippen LogP contribution in [0.4, 0.5) is 0 Å². The molecule has 3 unspecified atom stereocenters. The molecule has 3 rings (SSSR count). The van der Waals surface area contributed by atoms with Crippen LogP contribution in [0, 0.1) is 29.6 Å². The minimum atomic E-state index is -0.315. The maximum absolute atomic E-state index is 5.94. The summed E-state index contributed by atoms with van der Waals surface area (Å²) in [7, 11) is 1.82. The molecule has 0 N–H and O–H groups in total. The molecule has 1 spiro atoms. The summed E-state index contributed by atoms with van der Waals surface area (Å²) < 4.78 is 5.94. The van der Waals surface area contributed by atoms with Crippen molar-refractivity contribution in [1.82, 2.24) is 0 Å². The Balaban J connectivity index is 2.04. The molecule has 0 radical (unpaired) electrons. The number of terminal acetylenes is 1. The van der Waals surface area contributed by atoms with Gasteiger partial charge in [-0.25, -0.2) is 0 Å². The van der Waals surface area contributed by atoms with E-state index in [1.807, 2.05) is 7.11 Å². The second-order valence-electron chi connectivity index (χ2n) is 6.38. The highest BCUT2D eigenvalue weighted by atomic mass is 16.5. The van der Waals surface area contributed by atoms with Gasteiger partial charge in [0.25, 0.3) is 0 Å². The van der Waals surface area contributed by atoms with Gasteiger partial charge in [0.05, 0.1) is 0 Å². The molecular weight excluding hydrogens is 220 g/mol. The molecule has 0 aromatic rings. The first-order chi connectivity index (χ1) is 8.77. The SMILES string of the molecule is C#CC1(OC)C2C=CC3(CCCCC3)C1CCC2. The average molecular weight is 244 g/mol. The molecule has 0 heterocycles. The lowest BCUT2D eigenvalue weighted by Crippen LogP contribution is -2.57. The Labute approximate surface area is 111 Å². The van der Waals surface area contributed by atoms with Gasteiger partial charge in [-0.3, -0.25) is 0 Å². The second-order valence-corrected chi connectivity index (χ2v) is 6.38. The zero-order valence-electron chi connectivity index (χ0n) is 11.5. The summed E-state index contributed by atoms with van der Waals surface area (Å²) in [4.78, 5) is 0. The van der Waals surface area contributed by atoms with Gasteiger partial charge in [0, 0.05) is 18.9 Å². The van der Waals surface area contributed by atoms with Crippen molar-refractivity contribution in [3.8, 4) is 12.3 Å². The predicted molar refractivity (Wildman–Crippen MR) is 74.1 cm³/mol. The van der Waals surface area contributed by atoms with Gasteiger partial charge in [0.2, 0.25) is 0 Å². The molecule has 0 amide bonds. The van der Waals surface area contributed by atoms with Gasteiger partial charge in [0.15, 0.2) is 0 Å². The van der Waals surface area contributed by atoms with Gasteiger partial charge >= 0.3 is 0 Å². The molecular formula is C17H24O. The molecule has 0 aromatic carbocycles. The van der Waals surface area contributed by atoms with E-state index >= 15 is 0 Å². The van der Waals surface area contributed by atoms with Crippen molar-refractivity contribution in [2.45, 2.75) is 57.0 Å². The quantitative estimate of drug-likeness (QED) is 0.501. The number of ether oxygens (including phenoxy) is 1. The van der Waals surface area contributed by atoms with Gasteiger partial charge < -0.3 is 4.74 Å². The van der Waals surface area contributed by atoms with Crippen molar-refractivity contribution in [3.05, 3.63) is 12.2 Å². The first-order valence-electron chi connectivity index (χ1n) is 7.50. The van der Waals surface area contributed by atoms with Crippen LogP contribution >= 0.6 is 0 Å². The maximum Gasteiger partial charge on any atom is 0.137 e. The van der Waals surface area contributed by atoms with E-state index in [1.165, 1.54) is 51.4 Å². The van der Waals surface area contributed by atoms with Crippen LogP contribution in [0.5, 0.6) is 0 Å². The van der Waals surface area contributed by atoms with Crippen LogP contribution in [-0.2, 0) is 4.74 Å². The number of fused-ring (bicyclic) bond motifs is 3. The monoisotopic (exact) mass is 244 g/mol. The lowest BCUT2D eigenvalue weighted by Gasteiger charge is -2.56. The third kappa shape index (κ3) is 1.51. The highest BCUT2D eigenvalue weighted by Crippen LogP contribution is 2.58. The second kappa shape index (κ2) is 4.42. The molecule has 1 heteroatoms. The predicted octanol–water partition coefficient (Wildman–Crippen LogP) is 3.94. The summed E-state index contributed by atoms with van der Waals surface area (Å²) in [5, 5.41) is 0. The van der Waals surface area contributed by atoms with Crippen LogP contribution in [0.25, 0.3) is 0 Å². The summed E-state index contributed by atoms with van der Waals surface area (Å²) >= 11 is 0. The molecule has 0 aliphatic heterocycles. The Morgan fingerprint density at radius 3 is 2.61 bits per heavy atom. The lowest BCUT2D eigenvalue weighted by atomic mass is 9.51. The third-order valence-electron chi connectivity index (χ3n) is 5.78. The number of allylic oxidation sites excluding steroid dienone is 1. The van der Waals surface area contributed by atoms with Crippen LogP contribution in [0.2, 0.25) is 0 Å². The maximum atomic E-state index is 5.94. The number of hydrogen-bond acceptors (Lipinski definition) is 1. The van der Waals surface area contributed by atoms with Gasteiger partial charge in [-0.15, -0.1) is 6.42 Å². The highest BCUT2D eigenvalue weighted by Gasteiger charge is 2.56. The van der Waals surface area contributed by atoms with Gasteiger partial charge in [0.1, 0.15) is 5.60 Å². The van der Waals surface area contributed by atoms with E-state index in [0.717, 1.165) is 0 Å². The molecule has 0 aromatic heterocycles. The first kappa shape index (κ1) is 12.3. The molecule has 98 valence electrons. The summed E-state index contributed by atoms with van der Waals surface area (Å²) in [5.74, 6) is 4.06. The Morgan fingerprint density at radius 1 is 1.17 bits per heavy atom. The van der Waals surface area contributed by atoms with E-state index in [2.05, 4.69) is 18.1 Å². The van der Waals surface area contributed by atoms with Crippen molar-refractivity contribution in [2.75, 3.05) is 7.11 Å². The molecule has 2 bridgehead atoms. The standard InChI is InChI=1S/C17H24O/c1-3-17(18-2)14-8-7-9-15(17)16(13-10-14)11-5-4-6-12-16/h1,10,13-15H,4-9,11-12H2,2H3. The molecule has 3 aliphatic carbocycles. The minimum Gasteiger partial charge on any atom is -0.365 e. The van der Waals surface area contributed by atoms with Crippen molar-refractivity contribution < 1.29 is 4.74 Å². The summed E-state index contributed by atoms with van der Waals surface area (Å²) in [6.07, 6.45) is 21.3. The van der Waals surface area contributed by atoms with Crippen LogP contribution in [0.1, 0.15) is 51.4 Å². The Kier molecular flexibility index (Phi) is 3.02. The van der Waals surface area contributed by atoms with E-state index in [9.17, 15) is 0 Å². The van der Waals surface area contributed by atoms with Crippen molar-refractivity contribution in [3.63, 3.8) is 0 Å². The molecule has 3 atom stereocenters. The van der Waals surface area contributed by atoms with Gasteiger partial charge in [-0.1, -0.05) is 43.8 Å². The fourth-order valence-electron chi connectivity index (χ4n) is 4.89. The van der Waals surface area contributed by atoms with Crippen molar-refractivity contribution >= 4 is 0 Å². The van der Waals surface area contributed by atoms with E-state index in [1.54, 1.807) is 0 Å². The van der Waals surface area contributed by atoms with Gasteiger partial charge in [-0.2, -0.15) is 0 Å². The molecule has 2 saturated carbocycles. The fraction of sp³-hybridized carbons (Fsp3) is 0.765. The lowest BCUT2D eigenvalue weighted by molar-refractivity contribution is -0.116. The Hall–Kier alpha value is -0.740. The Bertz CT molecular complexity index is 383. The number of hydrogen-bond donors (Lipinski definition) is 0. The summed E-state index contributed by atoms with van der Waals surface area (Å²) in [5.41, 5.74) is 0.0297. The molecule has 3 aliphatic rings. The van der Waals surface area contributed by atoms with Crippen LogP contribution in [0.3, 0.4) is 0 Å². The fourth-order valence-corrected chi connectivity index (χ4v) is 4.89. The van der Waals surface area contributed by atoms with E-state index < -0.39 is 0 Å². The Morgan fingerprint density at radius 2 is 1.94 bits per heavy atom. The van der Waals surface area contributed by atoms with Crippen molar-refractivity contribution in [2.24, 2.45) is 17.3 Å². The molecule has 0 saturated heterocycles. The average Bonchev–Trinajstić information content (AvgIpc) is 2.44. The zero-order valence-corrected chi connectivity index (χ0v) is 11.5. The van der Waals surface area contributed by atoms with Crippen LogP contribution in [0.15, 0.2) is 12.2 Å². The number of methoxy groups -OCH3 is 1. The summed E-state index contributed by atoms with van der Waals surface area (Å²) in [6, 6.07) is 0. The van der Waals surface area contributed by atoms with Gasteiger partial charge in [-0.05, 0) is 31.1 Å². The zero-order chi connectivity index (χ0) is 12.6. The van der Waals surface area contributed by atoms with E-state index in [0.29, 0.717) is 17.3 Å². The largest absolute Gasteiger partial charge is 0.365 e. The highest BCUT2D eigenvalue weighted by molar-refractivity contribution is 5.29. The molecule has 1 nitrogen and oxygen atoms in total. The normalized spacial score (nSPS) is 41.6. The smallest absolute Gasteiger partial charge is 0.137 e. The van der Waals surface area contributed by atoms with E-state index in [-0.39, 0.29) is 5.60 Å². The topological polar surface area (TPSA) is 9.23 Å². The minimum absolute atomic E-state index is 0.315.